The Kier molecular flexibility index (Phi) is 4.81. The van der Waals surface area contributed by atoms with Gasteiger partial charge in [-0.25, -0.2) is 0 Å². The lowest BCUT2D eigenvalue weighted by molar-refractivity contribution is -0.141. The second-order valence-corrected chi connectivity index (χ2v) is 5.36. The monoisotopic (exact) mass is 324 g/mol. The number of hydrogen-bond acceptors (Lipinski definition) is 6. The molecule has 1 aromatic heterocycles. The summed E-state index contributed by atoms with van der Waals surface area (Å²) < 4.78 is 17.7. The van der Waals surface area contributed by atoms with Gasteiger partial charge < -0.3 is 18.8 Å². The third kappa shape index (κ3) is 3.11. The Morgan fingerprint density at radius 1 is 1.18 bits per heavy atom. The Hall–Kier alpha value is -2.35. The van der Waals surface area contributed by atoms with Crippen molar-refractivity contribution in [2.45, 2.75) is 13.5 Å². The summed E-state index contributed by atoms with van der Waals surface area (Å²) in [5, 5.41) is 0. The van der Waals surface area contributed by atoms with Gasteiger partial charge in [0.05, 0.1) is 31.5 Å². The van der Waals surface area contributed by atoms with Gasteiger partial charge in [0.2, 0.25) is 5.91 Å². The zero-order valence-corrected chi connectivity index (χ0v) is 13.5. The Morgan fingerprint density at radius 3 is 2.36 bits per heavy atom. The van der Waals surface area contributed by atoms with Crippen LogP contribution in [0.5, 0.6) is 11.5 Å². The van der Waals surface area contributed by atoms with E-state index >= 15 is 0 Å². The smallest absolute Gasteiger partial charge is 0.325 e. The van der Waals surface area contributed by atoms with Gasteiger partial charge in [-0.2, -0.15) is 4.99 Å². The Balaban J connectivity index is 2.75. The highest BCUT2D eigenvalue weighted by atomic mass is 32.1. The van der Waals surface area contributed by atoms with Crippen LogP contribution in [0.3, 0.4) is 0 Å². The highest BCUT2D eigenvalue weighted by Gasteiger charge is 2.15. The Labute approximate surface area is 130 Å². The van der Waals surface area contributed by atoms with E-state index in [1.165, 1.54) is 32.5 Å². The summed E-state index contributed by atoms with van der Waals surface area (Å²) in [7, 11) is 4.38. The molecule has 0 saturated carbocycles. The number of ether oxygens (including phenoxy) is 3. The standard InChI is InChI=1S/C14H16N2O5S/c1-8(17)15-14-16(7-13(18)21-4)9-5-10(19-2)11(20-3)6-12(9)22-14/h5-6H,7H2,1-4H3. The maximum absolute atomic E-state index is 11.6. The van der Waals surface area contributed by atoms with E-state index in [1.807, 2.05) is 0 Å². The molecule has 0 aliphatic carbocycles. The minimum Gasteiger partial charge on any atom is -0.493 e. The molecule has 1 amide bonds. The first-order chi connectivity index (χ1) is 10.5. The molecule has 0 atom stereocenters. The average Bonchev–Trinajstić information content (AvgIpc) is 2.81. The molecule has 0 unspecified atom stereocenters. The van der Waals surface area contributed by atoms with Gasteiger partial charge in [0, 0.05) is 19.1 Å². The van der Waals surface area contributed by atoms with Crippen molar-refractivity contribution in [2.24, 2.45) is 4.99 Å². The van der Waals surface area contributed by atoms with Crippen molar-refractivity contribution in [2.75, 3.05) is 21.3 Å². The van der Waals surface area contributed by atoms with Crippen LogP contribution in [0.15, 0.2) is 17.1 Å². The number of carbonyl (C=O) groups excluding carboxylic acids is 2. The molecule has 2 aromatic rings. The number of rotatable bonds is 4. The van der Waals surface area contributed by atoms with Crippen LogP contribution in [0.2, 0.25) is 0 Å². The average molecular weight is 324 g/mol. The summed E-state index contributed by atoms with van der Waals surface area (Å²) in [6, 6.07) is 3.53. The summed E-state index contributed by atoms with van der Waals surface area (Å²) in [5.74, 6) is 0.320. The van der Waals surface area contributed by atoms with E-state index < -0.39 is 5.97 Å². The Morgan fingerprint density at radius 2 is 1.82 bits per heavy atom. The predicted molar refractivity (Wildman–Crippen MR) is 81.2 cm³/mol. The summed E-state index contributed by atoms with van der Waals surface area (Å²) in [4.78, 5) is 27.3. The third-order valence-corrected chi connectivity index (χ3v) is 4.00. The summed E-state index contributed by atoms with van der Waals surface area (Å²) in [6.45, 7) is 1.31. The number of amides is 1. The number of aromatic nitrogens is 1. The van der Waals surface area contributed by atoms with Gasteiger partial charge in [0.15, 0.2) is 16.3 Å². The second-order valence-electron chi connectivity index (χ2n) is 4.35. The van der Waals surface area contributed by atoms with Gasteiger partial charge >= 0.3 is 5.97 Å². The van der Waals surface area contributed by atoms with Crippen molar-refractivity contribution in [3.63, 3.8) is 0 Å². The molecule has 1 aromatic carbocycles. The van der Waals surface area contributed by atoms with Crippen LogP contribution >= 0.6 is 11.3 Å². The molecule has 1 heterocycles. The molecule has 0 radical (unpaired) electrons. The van der Waals surface area contributed by atoms with Crippen molar-refractivity contribution in [3.05, 3.63) is 16.9 Å². The van der Waals surface area contributed by atoms with Gasteiger partial charge in [0.25, 0.3) is 0 Å². The lowest BCUT2D eigenvalue weighted by Crippen LogP contribution is -2.22. The number of thiazole rings is 1. The summed E-state index contributed by atoms with van der Waals surface area (Å²) in [6.07, 6.45) is 0. The Bertz CT molecular complexity index is 790. The normalized spacial score (nSPS) is 11.5. The number of carbonyl (C=O) groups is 2. The van der Waals surface area contributed by atoms with Crippen LogP contribution in [0.4, 0.5) is 0 Å². The lowest BCUT2D eigenvalue weighted by atomic mass is 10.3. The molecule has 0 bridgehead atoms. The minimum atomic E-state index is -0.431. The number of methoxy groups -OCH3 is 3. The van der Waals surface area contributed by atoms with Crippen LogP contribution in [0.1, 0.15) is 6.92 Å². The van der Waals surface area contributed by atoms with Crippen molar-refractivity contribution in [1.29, 1.82) is 0 Å². The van der Waals surface area contributed by atoms with Crippen LogP contribution < -0.4 is 14.3 Å². The fraction of sp³-hybridized carbons (Fsp3) is 0.357. The second kappa shape index (κ2) is 6.61. The third-order valence-electron chi connectivity index (χ3n) is 2.96. The van der Waals surface area contributed by atoms with Gasteiger partial charge in [-0.05, 0) is 0 Å². The van der Waals surface area contributed by atoms with E-state index in [1.54, 1.807) is 23.8 Å². The highest BCUT2D eigenvalue weighted by molar-refractivity contribution is 7.16. The minimum absolute atomic E-state index is 0.0436. The number of fused-ring (bicyclic) bond motifs is 1. The van der Waals surface area contributed by atoms with Crippen LogP contribution in [0, 0.1) is 0 Å². The van der Waals surface area contributed by atoms with Crippen LogP contribution in [-0.2, 0) is 20.9 Å². The lowest BCUT2D eigenvalue weighted by Gasteiger charge is -2.08. The van der Waals surface area contributed by atoms with Crippen molar-refractivity contribution < 1.29 is 23.8 Å². The fourth-order valence-electron chi connectivity index (χ4n) is 1.96. The van der Waals surface area contributed by atoms with E-state index in [0.29, 0.717) is 21.8 Å². The van der Waals surface area contributed by atoms with Crippen molar-refractivity contribution >= 4 is 33.4 Å². The molecule has 118 valence electrons. The van der Waals surface area contributed by atoms with Crippen molar-refractivity contribution in [1.82, 2.24) is 4.57 Å². The molecular formula is C14H16N2O5S. The first-order valence-corrected chi connectivity index (χ1v) is 7.19. The van der Waals surface area contributed by atoms with Crippen LogP contribution in [-0.4, -0.2) is 37.8 Å². The molecule has 0 spiro atoms. The quantitative estimate of drug-likeness (QED) is 0.793. The molecule has 0 aliphatic heterocycles. The predicted octanol–water partition coefficient (Wildman–Crippen LogP) is 1.34. The molecule has 7 nitrogen and oxygen atoms in total. The molecular weight excluding hydrogens is 308 g/mol. The van der Waals surface area contributed by atoms with E-state index in [4.69, 9.17) is 14.2 Å². The number of hydrogen-bond donors (Lipinski definition) is 0. The fourth-order valence-corrected chi connectivity index (χ4v) is 3.05. The van der Waals surface area contributed by atoms with E-state index in [9.17, 15) is 9.59 Å². The van der Waals surface area contributed by atoms with E-state index in [2.05, 4.69) is 4.99 Å². The first-order valence-electron chi connectivity index (χ1n) is 6.37. The molecule has 0 N–H and O–H groups in total. The van der Waals surface area contributed by atoms with Gasteiger partial charge in [0.1, 0.15) is 6.54 Å². The first kappa shape index (κ1) is 16.0. The number of esters is 1. The zero-order valence-electron chi connectivity index (χ0n) is 12.7. The van der Waals surface area contributed by atoms with E-state index in [-0.39, 0.29) is 12.5 Å². The maximum atomic E-state index is 11.6. The summed E-state index contributed by atoms with van der Waals surface area (Å²) >= 11 is 1.29. The molecule has 0 fully saturated rings. The maximum Gasteiger partial charge on any atom is 0.325 e. The molecule has 22 heavy (non-hydrogen) atoms. The van der Waals surface area contributed by atoms with Crippen molar-refractivity contribution in [3.8, 4) is 11.5 Å². The van der Waals surface area contributed by atoms with E-state index in [0.717, 1.165) is 4.70 Å². The van der Waals surface area contributed by atoms with Gasteiger partial charge in [-0.1, -0.05) is 11.3 Å². The van der Waals surface area contributed by atoms with Gasteiger partial charge in [-0.15, -0.1) is 0 Å². The molecule has 8 heteroatoms. The highest BCUT2D eigenvalue weighted by Crippen LogP contribution is 2.33. The zero-order chi connectivity index (χ0) is 16.3. The van der Waals surface area contributed by atoms with Gasteiger partial charge in [-0.3, -0.25) is 9.59 Å². The molecule has 0 saturated heterocycles. The van der Waals surface area contributed by atoms with Crippen LogP contribution in [0.25, 0.3) is 10.2 Å². The molecule has 0 aliphatic rings. The number of benzene rings is 1. The summed E-state index contributed by atoms with van der Waals surface area (Å²) in [5.41, 5.74) is 0.716. The number of nitrogens with zero attached hydrogens (tertiary/aromatic N) is 2. The topological polar surface area (TPSA) is 79.1 Å². The SMILES string of the molecule is COC(=O)Cn1c(=NC(C)=O)sc2cc(OC)c(OC)cc21. The molecule has 2 rings (SSSR count). The largest absolute Gasteiger partial charge is 0.493 e.